The van der Waals surface area contributed by atoms with E-state index in [4.69, 9.17) is 9.84 Å². The molecule has 1 heterocycles. The number of nitrogens with zero attached hydrogens (tertiary/aromatic N) is 1. The highest BCUT2D eigenvalue weighted by Gasteiger charge is 2.18. The molecule has 2 N–H and O–H groups in total. The molecule has 6 nitrogen and oxygen atoms in total. The number of methoxy groups -OCH3 is 1. The number of carboxylic acids is 1. The largest absolute Gasteiger partial charge is 0.496 e. The molecule has 24 heavy (non-hydrogen) atoms. The lowest BCUT2D eigenvalue weighted by molar-refractivity contribution is -0.136. The van der Waals surface area contributed by atoms with Crippen LogP contribution in [0.3, 0.4) is 0 Å². The van der Waals surface area contributed by atoms with Crippen molar-refractivity contribution in [2.45, 2.75) is 27.2 Å². The average Bonchev–Trinajstić information content (AvgIpc) is 2.88. The number of aliphatic carboxylic acids is 1. The fourth-order valence-electron chi connectivity index (χ4n) is 2.16. The van der Waals surface area contributed by atoms with Crippen molar-refractivity contribution >= 4 is 28.3 Å². The molecule has 0 fully saturated rings. The van der Waals surface area contributed by atoms with E-state index in [9.17, 15) is 9.59 Å². The molecule has 0 saturated carbocycles. The fourth-order valence-corrected chi connectivity index (χ4v) is 3.14. The molecular formula is C17H20N2O4S. The number of amides is 1. The Balaban J connectivity index is 2.43. The SMILES string of the molecule is COc1ccc(-c2nc(NC(=O)C(C)C)sc2CC(=O)O)cc1C. The Labute approximate surface area is 144 Å². The van der Waals surface area contributed by atoms with Gasteiger partial charge >= 0.3 is 5.97 Å². The zero-order valence-corrected chi connectivity index (χ0v) is 14.9. The molecule has 0 atom stereocenters. The lowest BCUT2D eigenvalue weighted by Crippen LogP contribution is -2.17. The number of ether oxygens (including phenoxy) is 1. The van der Waals surface area contributed by atoms with Gasteiger partial charge in [0, 0.05) is 16.4 Å². The summed E-state index contributed by atoms with van der Waals surface area (Å²) in [4.78, 5) is 28.0. The molecule has 0 unspecified atom stereocenters. The first-order valence-corrected chi connectivity index (χ1v) is 8.30. The summed E-state index contributed by atoms with van der Waals surface area (Å²) in [5.74, 6) is -0.513. The molecule has 2 rings (SSSR count). The number of hydrogen-bond acceptors (Lipinski definition) is 5. The number of nitrogens with one attached hydrogen (secondary N) is 1. The van der Waals surface area contributed by atoms with E-state index < -0.39 is 5.97 Å². The summed E-state index contributed by atoms with van der Waals surface area (Å²) >= 11 is 1.19. The lowest BCUT2D eigenvalue weighted by atomic mass is 10.1. The summed E-state index contributed by atoms with van der Waals surface area (Å²) in [6.45, 7) is 5.48. The maximum atomic E-state index is 11.9. The number of carbonyl (C=O) groups excluding carboxylic acids is 1. The van der Waals surface area contributed by atoms with Crippen LogP contribution in [-0.4, -0.2) is 29.1 Å². The lowest BCUT2D eigenvalue weighted by Gasteiger charge is -2.07. The summed E-state index contributed by atoms with van der Waals surface area (Å²) in [6, 6.07) is 5.55. The molecule has 1 aromatic heterocycles. The Morgan fingerprint density at radius 2 is 2.08 bits per heavy atom. The minimum Gasteiger partial charge on any atom is -0.496 e. The van der Waals surface area contributed by atoms with E-state index in [1.807, 2.05) is 25.1 Å². The average molecular weight is 348 g/mol. The molecule has 0 spiro atoms. The predicted octanol–water partition coefficient (Wildman–Crippen LogP) is 3.35. The van der Waals surface area contributed by atoms with Crippen LogP contribution in [0.4, 0.5) is 5.13 Å². The quantitative estimate of drug-likeness (QED) is 0.836. The summed E-state index contributed by atoms with van der Waals surface area (Å²) < 4.78 is 5.25. The van der Waals surface area contributed by atoms with Gasteiger partial charge in [-0.3, -0.25) is 9.59 Å². The van der Waals surface area contributed by atoms with Crippen LogP contribution in [0.2, 0.25) is 0 Å². The normalized spacial score (nSPS) is 10.7. The number of anilines is 1. The number of carboxylic acid groups (broad SMARTS) is 1. The number of carbonyl (C=O) groups is 2. The fraction of sp³-hybridized carbons (Fsp3) is 0.353. The third kappa shape index (κ3) is 4.11. The number of benzene rings is 1. The van der Waals surface area contributed by atoms with Crippen molar-refractivity contribution in [3.63, 3.8) is 0 Å². The van der Waals surface area contributed by atoms with Gasteiger partial charge in [-0.2, -0.15) is 0 Å². The first-order chi connectivity index (χ1) is 11.3. The van der Waals surface area contributed by atoms with Crippen LogP contribution in [0.1, 0.15) is 24.3 Å². The predicted molar refractivity (Wildman–Crippen MR) is 93.6 cm³/mol. The van der Waals surface area contributed by atoms with E-state index >= 15 is 0 Å². The third-order valence-electron chi connectivity index (χ3n) is 3.43. The molecule has 1 aromatic carbocycles. The van der Waals surface area contributed by atoms with Crippen LogP contribution < -0.4 is 10.1 Å². The van der Waals surface area contributed by atoms with Gasteiger partial charge in [0.1, 0.15) is 5.75 Å². The second-order valence-electron chi connectivity index (χ2n) is 5.69. The highest BCUT2D eigenvalue weighted by atomic mass is 32.1. The van der Waals surface area contributed by atoms with Crippen molar-refractivity contribution in [3.8, 4) is 17.0 Å². The monoisotopic (exact) mass is 348 g/mol. The first-order valence-electron chi connectivity index (χ1n) is 7.49. The first kappa shape index (κ1) is 17.9. The molecule has 128 valence electrons. The van der Waals surface area contributed by atoms with Crippen molar-refractivity contribution < 1.29 is 19.4 Å². The zero-order chi connectivity index (χ0) is 17.9. The Hall–Kier alpha value is -2.41. The van der Waals surface area contributed by atoms with Crippen molar-refractivity contribution in [2.75, 3.05) is 12.4 Å². The number of aromatic nitrogens is 1. The maximum Gasteiger partial charge on any atom is 0.308 e. The Morgan fingerprint density at radius 1 is 1.38 bits per heavy atom. The summed E-state index contributed by atoms with van der Waals surface area (Å²) in [7, 11) is 1.60. The van der Waals surface area contributed by atoms with Crippen LogP contribution in [0, 0.1) is 12.8 Å². The highest BCUT2D eigenvalue weighted by Crippen LogP contribution is 2.34. The number of hydrogen-bond donors (Lipinski definition) is 2. The van der Waals surface area contributed by atoms with Crippen molar-refractivity contribution in [3.05, 3.63) is 28.6 Å². The summed E-state index contributed by atoms with van der Waals surface area (Å²) in [5, 5.41) is 12.3. The van der Waals surface area contributed by atoms with Crippen molar-refractivity contribution in [2.24, 2.45) is 5.92 Å². The second-order valence-corrected chi connectivity index (χ2v) is 6.77. The number of rotatable bonds is 6. The maximum absolute atomic E-state index is 11.9. The van der Waals surface area contributed by atoms with E-state index in [2.05, 4.69) is 10.3 Å². The Morgan fingerprint density at radius 3 is 2.62 bits per heavy atom. The van der Waals surface area contributed by atoms with E-state index in [1.54, 1.807) is 21.0 Å². The van der Waals surface area contributed by atoms with Crippen LogP contribution >= 0.6 is 11.3 Å². The van der Waals surface area contributed by atoms with Crippen LogP contribution in [0.25, 0.3) is 11.3 Å². The molecule has 0 aliphatic heterocycles. The third-order valence-corrected chi connectivity index (χ3v) is 4.40. The van der Waals surface area contributed by atoms with Crippen LogP contribution in [-0.2, 0) is 16.0 Å². The molecule has 0 saturated heterocycles. The molecule has 0 bridgehead atoms. The topological polar surface area (TPSA) is 88.5 Å². The van der Waals surface area contributed by atoms with Gasteiger partial charge in [0.25, 0.3) is 0 Å². The minimum atomic E-state index is -0.938. The van der Waals surface area contributed by atoms with E-state index in [0.29, 0.717) is 15.7 Å². The Bertz CT molecular complexity index is 768. The standard InChI is InChI=1S/C17H20N2O4S/c1-9(2)16(22)19-17-18-15(13(24-17)8-14(20)21)11-5-6-12(23-4)10(3)7-11/h5-7,9H,8H2,1-4H3,(H,20,21)(H,18,19,22). The van der Waals surface area contributed by atoms with Gasteiger partial charge in [-0.05, 0) is 30.7 Å². The van der Waals surface area contributed by atoms with Crippen LogP contribution in [0.15, 0.2) is 18.2 Å². The molecule has 2 aromatic rings. The van der Waals surface area contributed by atoms with Gasteiger partial charge in [-0.1, -0.05) is 13.8 Å². The van der Waals surface area contributed by atoms with Gasteiger partial charge in [-0.25, -0.2) is 4.98 Å². The van der Waals surface area contributed by atoms with Gasteiger partial charge in [0.15, 0.2) is 5.13 Å². The van der Waals surface area contributed by atoms with Gasteiger partial charge in [-0.15, -0.1) is 11.3 Å². The molecule has 7 heteroatoms. The smallest absolute Gasteiger partial charge is 0.308 e. The van der Waals surface area contributed by atoms with Crippen molar-refractivity contribution in [1.82, 2.24) is 4.98 Å². The molecule has 0 radical (unpaired) electrons. The van der Waals surface area contributed by atoms with Gasteiger partial charge in [0.2, 0.25) is 5.91 Å². The summed E-state index contributed by atoms with van der Waals surface area (Å²) in [5.41, 5.74) is 2.30. The molecular weight excluding hydrogens is 328 g/mol. The number of thiazole rings is 1. The zero-order valence-electron chi connectivity index (χ0n) is 14.0. The van der Waals surface area contributed by atoms with E-state index in [1.165, 1.54) is 11.3 Å². The van der Waals surface area contributed by atoms with Gasteiger partial charge < -0.3 is 15.2 Å². The second kappa shape index (κ2) is 7.44. The highest BCUT2D eigenvalue weighted by molar-refractivity contribution is 7.16. The molecule has 1 amide bonds. The van der Waals surface area contributed by atoms with E-state index in [0.717, 1.165) is 16.9 Å². The summed E-state index contributed by atoms with van der Waals surface area (Å²) in [6.07, 6.45) is -0.143. The van der Waals surface area contributed by atoms with Gasteiger partial charge in [0.05, 0.1) is 19.2 Å². The van der Waals surface area contributed by atoms with Crippen LogP contribution in [0.5, 0.6) is 5.75 Å². The molecule has 0 aliphatic carbocycles. The molecule has 0 aliphatic rings. The van der Waals surface area contributed by atoms with E-state index in [-0.39, 0.29) is 18.2 Å². The minimum absolute atomic E-state index is 0.143. The Kier molecular flexibility index (Phi) is 5.56. The van der Waals surface area contributed by atoms with Crippen molar-refractivity contribution in [1.29, 1.82) is 0 Å². The number of aryl methyl sites for hydroxylation is 1.